The second-order valence-corrected chi connectivity index (χ2v) is 6.28. The largest absolute Gasteiger partial charge is 0.324 e. The van der Waals surface area contributed by atoms with Crippen LogP contribution in [0.4, 0.5) is 0 Å². The van der Waals surface area contributed by atoms with Crippen molar-refractivity contribution in [1.82, 2.24) is 0 Å². The van der Waals surface area contributed by atoms with Gasteiger partial charge in [-0.3, -0.25) is 0 Å². The highest BCUT2D eigenvalue weighted by molar-refractivity contribution is 7.99. The predicted octanol–water partition coefficient (Wildman–Crippen LogP) is 4.65. The van der Waals surface area contributed by atoms with Crippen LogP contribution in [0.25, 0.3) is 0 Å². The molecule has 0 bridgehead atoms. The summed E-state index contributed by atoms with van der Waals surface area (Å²) in [5.74, 6) is 0.952. The monoisotopic (exact) mass is 281 g/mol. The van der Waals surface area contributed by atoms with Gasteiger partial charge in [-0.15, -0.1) is 11.8 Å². The lowest BCUT2D eigenvalue weighted by atomic mass is 10.0. The van der Waals surface area contributed by atoms with Gasteiger partial charge in [0.1, 0.15) is 0 Å². The summed E-state index contributed by atoms with van der Waals surface area (Å²) in [6, 6.07) is 8.17. The third-order valence-electron chi connectivity index (χ3n) is 3.30. The Morgan fingerprint density at radius 2 is 1.94 bits per heavy atom. The standard InChI is InChI=1S/C15H20ClNS/c16-13-7-9-14(10-8-13)18-11-15(17)12-5-3-1-2-4-6-12/h5,7-10,15H,1-4,6,11,17H2. The first-order chi connectivity index (χ1) is 8.75. The Hall–Kier alpha value is -0.440. The number of hydrogen-bond acceptors (Lipinski definition) is 2. The maximum Gasteiger partial charge on any atom is 0.0406 e. The molecular weight excluding hydrogens is 262 g/mol. The van der Waals surface area contributed by atoms with Gasteiger partial charge in [0.15, 0.2) is 0 Å². The molecule has 0 heterocycles. The molecule has 1 aliphatic carbocycles. The van der Waals surface area contributed by atoms with E-state index in [1.807, 2.05) is 23.9 Å². The van der Waals surface area contributed by atoms with Crippen LogP contribution in [0, 0.1) is 0 Å². The molecule has 0 fully saturated rings. The van der Waals surface area contributed by atoms with Gasteiger partial charge >= 0.3 is 0 Å². The lowest BCUT2D eigenvalue weighted by Crippen LogP contribution is -2.25. The zero-order chi connectivity index (χ0) is 12.8. The number of nitrogens with two attached hydrogens (primary N) is 1. The molecule has 0 saturated heterocycles. The zero-order valence-corrected chi connectivity index (χ0v) is 12.1. The number of hydrogen-bond donors (Lipinski definition) is 1. The van der Waals surface area contributed by atoms with Crippen LogP contribution in [0.3, 0.4) is 0 Å². The number of halogens is 1. The third kappa shape index (κ3) is 4.34. The molecule has 1 nitrogen and oxygen atoms in total. The van der Waals surface area contributed by atoms with E-state index in [0.717, 1.165) is 10.8 Å². The van der Waals surface area contributed by atoms with Crippen LogP contribution in [0.1, 0.15) is 32.1 Å². The lowest BCUT2D eigenvalue weighted by Gasteiger charge is -2.15. The average molecular weight is 282 g/mol. The van der Waals surface area contributed by atoms with Crippen molar-refractivity contribution in [3.63, 3.8) is 0 Å². The summed E-state index contributed by atoms with van der Waals surface area (Å²) in [5.41, 5.74) is 7.73. The highest BCUT2D eigenvalue weighted by Gasteiger charge is 2.11. The van der Waals surface area contributed by atoms with Gasteiger partial charge in [-0.1, -0.05) is 29.7 Å². The van der Waals surface area contributed by atoms with Crippen LogP contribution >= 0.6 is 23.4 Å². The molecule has 1 aromatic rings. The molecule has 1 aromatic carbocycles. The fourth-order valence-electron chi connectivity index (χ4n) is 2.20. The zero-order valence-electron chi connectivity index (χ0n) is 10.6. The normalized spacial score (nSPS) is 18.0. The van der Waals surface area contributed by atoms with E-state index >= 15 is 0 Å². The first-order valence-corrected chi connectivity index (χ1v) is 7.95. The first-order valence-electron chi connectivity index (χ1n) is 6.58. The first kappa shape index (κ1) is 14.0. The van der Waals surface area contributed by atoms with Gasteiger partial charge in [0.25, 0.3) is 0 Å². The summed E-state index contributed by atoms with van der Waals surface area (Å²) in [6.07, 6.45) is 8.71. The van der Waals surface area contributed by atoms with Crippen LogP contribution < -0.4 is 5.73 Å². The maximum atomic E-state index is 6.28. The molecule has 1 unspecified atom stereocenters. The number of allylic oxidation sites excluding steroid dienone is 1. The fourth-order valence-corrected chi connectivity index (χ4v) is 3.24. The van der Waals surface area contributed by atoms with Crippen LogP contribution in [0.15, 0.2) is 40.8 Å². The Bertz CT molecular complexity index is 399. The lowest BCUT2D eigenvalue weighted by molar-refractivity contribution is 0.693. The van der Waals surface area contributed by atoms with Gasteiger partial charge in [-0.25, -0.2) is 0 Å². The molecule has 2 rings (SSSR count). The Balaban J connectivity index is 1.85. The van der Waals surface area contributed by atoms with Crippen molar-refractivity contribution in [1.29, 1.82) is 0 Å². The van der Waals surface area contributed by atoms with Gasteiger partial charge in [0, 0.05) is 21.7 Å². The molecule has 0 radical (unpaired) electrons. The smallest absolute Gasteiger partial charge is 0.0406 e. The van der Waals surface area contributed by atoms with Gasteiger partial charge in [0.05, 0.1) is 0 Å². The average Bonchev–Trinajstić information content (AvgIpc) is 2.66. The van der Waals surface area contributed by atoms with E-state index in [9.17, 15) is 0 Å². The molecule has 0 saturated carbocycles. The van der Waals surface area contributed by atoms with Gasteiger partial charge in [-0.2, -0.15) is 0 Å². The third-order valence-corrected chi connectivity index (χ3v) is 4.68. The highest BCUT2D eigenvalue weighted by Crippen LogP contribution is 2.25. The Kier molecular flexibility index (Phi) is 5.61. The fraction of sp³-hybridized carbons (Fsp3) is 0.467. The maximum absolute atomic E-state index is 6.28. The molecular formula is C15H20ClNS. The molecule has 1 atom stereocenters. The molecule has 0 aliphatic heterocycles. The van der Waals surface area contributed by atoms with Gasteiger partial charge in [-0.05, 0) is 49.9 Å². The van der Waals surface area contributed by atoms with E-state index in [0.29, 0.717) is 0 Å². The number of thioether (sulfide) groups is 1. The topological polar surface area (TPSA) is 26.0 Å². The van der Waals surface area contributed by atoms with Crippen LogP contribution in [0.5, 0.6) is 0 Å². The van der Waals surface area contributed by atoms with Gasteiger partial charge in [0.2, 0.25) is 0 Å². The molecule has 0 spiro atoms. The molecule has 98 valence electrons. The second kappa shape index (κ2) is 7.22. The molecule has 2 N–H and O–H groups in total. The number of rotatable bonds is 4. The summed E-state index contributed by atoms with van der Waals surface area (Å²) in [7, 11) is 0. The van der Waals surface area contributed by atoms with E-state index in [1.165, 1.54) is 42.6 Å². The van der Waals surface area contributed by atoms with Gasteiger partial charge < -0.3 is 5.73 Å². The Morgan fingerprint density at radius 1 is 1.17 bits per heavy atom. The Labute approximate surface area is 119 Å². The second-order valence-electron chi connectivity index (χ2n) is 4.75. The quantitative estimate of drug-likeness (QED) is 0.642. The summed E-state index contributed by atoms with van der Waals surface area (Å²) >= 11 is 7.68. The van der Waals surface area contributed by atoms with E-state index in [1.54, 1.807) is 0 Å². The van der Waals surface area contributed by atoms with Crippen molar-refractivity contribution < 1.29 is 0 Å². The Morgan fingerprint density at radius 3 is 2.72 bits per heavy atom. The predicted molar refractivity (Wildman–Crippen MR) is 81.3 cm³/mol. The van der Waals surface area contributed by atoms with Crippen molar-refractivity contribution in [2.75, 3.05) is 5.75 Å². The van der Waals surface area contributed by atoms with Crippen molar-refractivity contribution in [3.8, 4) is 0 Å². The van der Waals surface area contributed by atoms with Crippen LogP contribution in [-0.2, 0) is 0 Å². The highest BCUT2D eigenvalue weighted by atomic mass is 35.5. The van der Waals surface area contributed by atoms with Crippen molar-refractivity contribution in [2.45, 2.75) is 43.0 Å². The molecule has 0 aromatic heterocycles. The molecule has 0 amide bonds. The van der Waals surface area contributed by atoms with E-state index in [2.05, 4.69) is 18.2 Å². The van der Waals surface area contributed by atoms with E-state index in [4.69, 9.17) is 17.3 Å². The minimum atomic E-state index is 0.198. The minimum Gasteiger partial charge on any atom is -0.324 e. The SMILES string of the molecule is NC(CSc1ccc(Cl)cc1)C1=CCCCCC1. The summed E-state index contributed by atoms with van der Waals surface area (Å²) < 4.78 is 0. The minimum absolute atomic E-state index is 0.198. The summed E-state index contributed by atoms with van der Waals surface area (Å²) in [4.78, 5) is 1.24. The van der Waals surface area contributed by atoms with Crippen LogP contribution in [0.2, 0.25) is 5.02 Å². The van der Waals surface area contributed by atoms with Crippen molar-refractivity contribution in [3.05, 3.63) is 40.9 Å². The van der Waals surface area contributed by atoms with E-state index < -0.39 is 0 Å². The van der Waals surface area contributed by atoms with Crippen LogP contribution in [-0.4, -0.2) is 11.8 Å². The number of benzene rings is 1. The molecule has 18 heavy (non-hydrogen) atoms. The van der Waals surface area contributed by atoms with Crippen molar-refractivity contribution in [2.24, 2.45) is 5.73 Å². The summed E-state index contributed by atoms with van der Waals surface area (Å²) in [5, 5.41) is 0.787. The van der Waals surface area contributed by atoms with Crippen molar-refractivity contribution >= 4 is 23.4 Å². The summed E-state index contributed by atoms with van der Waals surface area (Å²) in [6.45, 7) is 0. The van der Waals surface area contributed by atoms with E-state index in [-0.39, 0.29) is 6.04 Å². The molecule has 3 heteroatoms. The molecule has 1 aliphatic rings.